The Morgan fingerprint density at radius 3 is 2.56 bits per heavy atom. The minimum absolute atomic E-state index is 0.0342. The van der Waals surface area contributed by atoms with Crippen LogP contribution in [0.25, 0.3) is 0 Å². The van der Waals surface area contributed by atoms with E-state index in [-0.39, 0.29) is 5.69 Å². The van der Waals surface area contributed by atoms with Crippen molar-refractivity contribution in [3.05, 3.63) is 28.2 Å². The summed E-state index contributed by atoms with van der Waals surface area (Å²) in [5.74, 6) is -1.48. The Kier molecular flexibility index (Phi) is 2.29. The molecule has 3 nitrogen and oxygen atoms in total. The Morgan fingerprint density at radius 1 is 1.38 bits per heavy atom. The van der Waals surface area contributed by atoms with Gasteiger partial charge in [-0.05, 0) is 18.2 Å². The minimum Gasteiger partial charge on any atom is -0.368 e. The molecule has 0 saturated heterocycles. The number of carbonyl (C=O) groups excluding carboxylic acids is 1. The number of rotatable bonds is 0. The Labute approximate surface area is 96.4 Å². The maximum Gasteiger partial charge on any atom is 0.430 e. The van der Waals surface area contributed by atoms with Gasteiger partial charge in [-0.25, -0.2) is 0 Å². The van der Waals surface area contributed by atoms with Gasteiger partial charge in [0.25, 0.3) is 11.5 Å². The lowest BCUT2D eigenvalue weighted by Gasteiger charge is -2.23. The third kappa shape index (κ3) is 1.35. The van der Waals surface area contributed by atoms with Crippen molar-refractivity contribution in [2.24, 2.45) is 0 Å². The van der Waals surface area contributed by atoms with Crippen molar-refractivity contribution in [2.45, 2.75) is 11.8 Å². The predicted octanol–water partition coefficient (Wildman–Crippen LogP) is 2.15. The standard InChI is InChI=1S/C9H5BrF3NO2/c10-4-1-2-6-5(3-4)8(16,7(15)14-6)9(11,12)13/h1-3,16H,(H,14,15)/t8-/m1/s1. The molecule has 86 valence electrons. The number of benzene rings is 1. The smallest absolute Gasteiger partial charge is 0.368 e. The van der Waals surface area contributed by atoms with E-state index < -0.39 is 23.2 Å². The Balaban J connectivity index is 2.67. The van der Waals surface area contributed by atoms with Gasteiger partial charge in [0, 0.05) is 15.7 Å². The Hall–Kier alpha value is -1.08. The highest BCUT2D eigenvalue weighted by atomic mass is 79.9. The number of alkyl halides is 3. The van der Waals surface area contributed by atoms with Crippen LogP contribution in [0.4, 0.5) is 18.9 Å². The van der Waals surface area contributed by atoms with E-state index in [9.17, 15) is 23.1 Å². The van der Waals surface area contributed by atoms with Crippen molar-refractivity contribution in [3.8, 4) is 0 Å². The van der Waals surface area contributed by atoms with Crippen LogP contribution in [-0.4, -0.2) is 17.2 Å². The molecule has 0 spiro atoms. The van der Waals surface area contributed by atoms with E-state index >= 15 is 0 Å². The molecule has 1 amide bonds. The average molecular weight is 296 g/mol. The first kappa shape index (κ1) is 11.4. The highest BCUT2D eigenvalue weighted by Crippen LogP contribution is 2.47. The van der Waals surface area contributed by atoms with Gasteiger partial charge in [0.1, 0.15) is 0 Å². The van der Waals surface area contributed by atoms with Crippen molar-refractivity contribution >= 4 is 27.5 Å². The van der Waals surface area contributed by atoms with Gasteiger partial charge in [0.05, 0.1) is 0 Å². The van der Waals surface area contributed by atoms with E-state index in [4.69, 9.17) is 0 Å². The quantitative estimate of drug-likeness (QED) is 0.770. The van der Waals surface area contributed by atoms with Gasteiger partial charge >= 0.3 is 6.18 Å². The molecule has 2 rings (SSSR count). The first-order valence-electron chi connectivity index (χ1n) is 4.17. The second kappa shape index (κ2) is 3.21. The number of nitrogens with one attached hydrogen (secondary N) is 1. The van der Waals surface area contributed by atoms with Crippen molar-refractivity contribution in [1.82, 2.24) is 0 Å². The largest absolute Gasteiger partial charge is 0.430 e. The summed E-state index contributed by atoms with van der Waals surface area (Å²) >= 11 is 2.99. The van der Waals surface area contributed by atoms with Gasteiger partial charge in [-0.3, -0.25) is 4.79 Å². The molecule has 16 heavy (non-hydrogen) atoms. The van der Waals surface area contributed by atoms with Gasteiger partial charge in [-0.1, -0.05) is 15.9 Å². The molecular weight excluding hydrogens is 291 g/mol. The molecule has 1 aliphatic heterocycles. The van der Waals surface area contributed by atoms with Crippen LogP contribution in [0.5, 0.6) is 0 Å². The Bertz CT molecular complexity index is 474. The summed E-state index contributed by atoms with van der Waals surface area (Å²) in [5, 5.41) is 11.5. The fraction of sp³-hybridized carbons (Fsp3) is 0.222. The summed E-state index contributed by atoms with van der Waals surface area (Å²) < 4.78 is 38.4. The lowest BCUT2D eigenvalue weighted by molar-refractivity contribution is -0.252. The van der Waals surface area contributed by atoms with Crippen LogP contribution in [0, 0.1) is 0 Å². The zero-order chi connectivity index (χ0) is 12.1. The van der Waals surface area contributed by atoms with E-state index in [0.717, 1.165) is 6.07 Å². The zero-order valence-electron chi connectivity index (χ0n) is 7.60. The zero-order valence-corrected chi connectivity index (χ0v) is 9.19. The van der Waals surface area contributed by atoms with Crippen molar-refractivity contribution in [2.75, 3.05) is 5.32 Å². The van der Waals surface area contributed by atoms with Crippen LogP contribution in [-0.2, 0) is 10.4 Å². The molecular formula is C9H5BrF3NO2. The van der Waals surface area contributed by atoms with Crippen LogP contribution in [0.15, 0.2) is 22.7 Å². The monoisotopic (exact) mass is 295 g/mol. The normalized spacial score (nSPS) is 24.2. The molecule has 0 aliphatic carbocycles. The molecule has 0 unspecified atom stereocenters. The van der Waals surface area contributed by atoms with Gasteiger partial charge in [0.15, 0.2) is 0 Å². The molecule has 1 aliphatic rings. The topological polar surface area (TPSA) is 49.3 Å². The summed E-state index contributed by atoms with van der Waals surface area (Å²) in [5.41, 5.74) is -3.99. The molecule has 0 aromatic heterocycles. The van der Waals surface area contributed by atoms with Crippen LogP contribution in [0.1, 0.15) is 5.56 Å². The second-order valence-electron chi connectivity index (χ2n) is 3.35. The summed E-state index contributed by atoms with van der Waals surface area (Å²) in [6.07, 6.45) is -5.05. The molecule has 2 N–H and O–H groups in total. The Morgan fingerprint density at radius 2 is 2.00 bits per heavy atom. The van der Waals surface area contributed by atoms with Crippen molar-refractivity contribution in [3.63, 3.8) is 0 Å². The minimum atomic E-state index is -5.05. The molecule has 7 heteroatoms. The van der Waals surface area contributed by atoms with E-state index in [1.807, 2.05) is 5.32 Å². The fourth-order valence-corrected chi connectivity index (χ4v) is 1.90. The molecule has 0 fully saturated rings. The molecule has 1 atom stereocenters. The van der Waals surface area contributed by atoms with Crippen LogP contribution in [0.2, 0.25) is 0 Å². The first-order valence-corrected chi connectivity index (χ1v) is 4.96. The average Bonchev–Trinajstić information content (AvgIpc) is 2.41. The van der Waals surface area contributed by atoms with Crippen LogP contribution < -0.4 is 5.32 Å². The number of hydrogen-bond donors (Lipinski definition) is 2. The fourth-order valence-electron chi connectivity index (χ4n) is 1.54. The summed E-state index contributed by atoms with van der Waals surface area (Å²) in [4.78, 5) is 11.2. The number of fused-ring (bicyclic) bond motifs is 1. The van der Waals surface area contributed by atoms with Crippen LogP contribution in [0.3, 0.4) is 0 Å². The van der Waals surface area contributed by atoms with E-state index in [1.165, 1.54) is 12.1 Å². The molecule has 0 radical (unpaired) electrons. The van der Waals surface area contributed by atoms with E-state index in [1.54, 1.807) is 0 Å². The number of anilines is 1. The summed E-state index contributed by atoms with van der Waals surface area (Å²) in [6.45, 7) is 0. The molecule has 1 aromatic rings. The van der Waals surface area contributed by atoms with E-state index in [2.05, 4.69) is 15.9 Å². The maximum absolute atomic E-state index is 12.7. The third-order valence-electron chi connectivity index (χ3n) is 2.36. The molecule has 1 aromatic carbocycles. The maximum atomic E-state index is 12.7. The van der Waals surface area contributed by atoms with E-state index in [0.29, 0.717) is 4.47 Å². The van der Waals surface area contributed by atoms with Crippen molar-refractivity contribution < 1.29 is 23.1 Å². The number of hydrogen-bond acceptors (Lipinski definition) is 2. The number of aliphatic hydroxyl groups is 1. The predicted molar refractivity (Wildman–Crippen MR) is 52.7 cm³/mol. The highest BCUT2D eigenvalue weighted by molar-refractivity contribution is 9.10. The molecule has 0 saturated carbocycles. The van der Waals surface area contributed by atoms with Gasteiger partial charge in [0.2, 0.25) is 0 Å². The van der Waals surface area contributed by atoms with Crippen molar-refractivity contribution in [1.29, 1.82) is 0 Å². The SMILES string of the molecule is O=C1Nc2ccc(Br)cc2[C@]1(O)C(F)(F)F. The van der Waals surface area contributed by atoms with Crippen LogP contribution >= 0.6 is 15.9 Å². The highest BCUT2D eigenvalue weighted by Gasteiger charge is 2.64. The van der Waals surface area contributed by atoms with Gasteiger partial charge in [-0.15, -0.1) is 0 Å². The number of amides is 1. The molecule has 1 heterocycles. The number of halogens is 4. The lowest BCUT2D eigenvalue weighted by Crippen LogP contribution is -2.47. The summed E-state index contributed by atoms with van der Waals surface area (Å²) in [7, 11) is 0. The second-order valence-corrected chi connectivity index (χ2v) is 4.27. The molecule has 0 bridgehead atoms. The number of carbonyl (C=O) groups is 1. The summed E-state index contributed by atoms with van der Waals surface area (Å²) in [6, 6.07) is 3.84. The lowest BCUT2D eigenvalue weighted by atomic mass is 9.95. The van der Waals surface area contributed by atoms with Gasteiger partial charge < -0.3 is 10.4 Å². The van der Waals surface area contributed by atoms with Gasteiger partial charge in [-0.2, -0.15) is 13.2 Å². The first-order chi connectivity index (χ1) is 7.26. The third-order valence-corrected chi connectivity index (χ3v) is 2.85.